The van der Waals surface area contributed by atoms with Crippen LogP contribution in [0, 0.1) is 11.8 Å². The Morgan fingerprint density at radius 3 is 2.68 bits per heavy atom. The fourth-order valence-corrected chi connectivity index (χ4v) is 2.82. The number of benzene rings is 1. The standard InChI is InChI=1S/C12H11BrClNO4/c1-19-10-8(13)2-5(14)3-9(10)15-11(16)6-4-7(6)12(17)18/h2-3,6-7H,4H2,1H3,(H,15,16)(H,17,18). The van der Waals surface area contributed by atoms with Gasteiger partial charge in [-0.05, 0) is 34.5 Å². The number of carbonyl (C=O) groups excluding carboxylic acids is 1. The van der Waals surface area contributed by atoms with Crippen molar-refractivity contribution >= 4 is 45.1 Å². The number of hydrogen-bond acceptors (Lipinski definition) is 3. The summed E-state index contributed by atoms with van der Waals surface area (Å²) in [6, 6.07) is 3.20. The average Bonchev–Trinajstić information content (AvgIpc) is 3.08. The summed E-state index contributed by atoms with van der Waals surface area (Å²) in [6.07, 6.45) is 0.366. The van der Waals surface area contributed by atoms with E-state index in [2.05, 4.69) is 21.2 Å². The molecule has 2 rings (SSSR count). The van der Waals surface area contributed by atoms with Gasteiger partial charge in [0, 0.05) is 5.02 Å². The molecule has 0 bridgehead atoms. The van der Waals surface area contributed by atoms with E-state index < -0.39 is 17.8 Å². The van der Waals surface area contributed by atoms with Crippen molar-refractivity contribution in [2.75, 3.05) is 12.4 Å². The molecular weight excluding hydrogens is 337 g/mol. The van der Waals surface area contributed by atoms with Crippen LogP contribution in [0.2, 0.25) is 5.02 Å². The molecule has 2 N–H and O–H groups in total. The number of amides is 1. The molecule has 1 aromatic rings. The third kappa shape index (κ3) is 3.01. The normalized spacial score (nSPS) is 20.8. The number of anilines is 1. The minimum atomic E-state index is -0.945. The maximum absolute atomic E-state index is 11.9. The van der Waals surface area contributed by atoms with E-state index in [4.69, 9.17) is 21.4 Å². The van der Waals surface area contributed by atoms with Crippen molar-refractivity contribution in [1.29, 1.82) is 0 Å². The Morgan fingerprint density at radius 1 is 1.47 bits per heavy atom. The maximum Gasteiger partial charge on any atom is 0.307 e. The maximum atomic E-state index is 11.9. The second kappa shape index (κ2) is 5.38. The van der Waals surface area contributed by atoms with Crippen LogP contribution in [-0.2, 0) is 9.59 Å². The second-order valence-electron chi connectivity index (χ2n) is 4.24. The summed E-state index contributed by atoms with van der Waals surface area (Å²) in [7, 11) is 1.47. The lowest BCUT2D eigenvalue weighted by molar-refractivity contribution is -0.139. The number of aliphatic carboxylic acids is 1. The molecule has 0 spiro atoms. The van der Waals surface area contributed by atoms with E-state index in [0.29, 0.717) is 27.4 Å². The highest BCUT2D eigenvalue weighted by Crippen LogP contribution is 2.41. The Balaban J connectivity index is 2.15. The number of carbonyl (C=O) groups is 2. The van der Waals surface area contributed by atoms with E-state index >= 15 is 0 Å². The molecule has 102 valence electrons. The first-order chi connectivity index (χ1) is 8.93. The lowest BCUT2D eigenvalue weighted by Crippen LogP contribution is -2.17. The number of carboxylic acid groups (broad SMARTS) is 1. The van der Waals surface area contributed by atoms with Crippen LogP contribution in [0.1, 0.15) is 6.42 Å². The van der Waals surface area contributed by atoms with Gasteiger partial charge in [0.15, 0.2) is 5.75 Å². The van der Waals surface area contributed by atoms with Gasteiger partial charge in [-0.1, -0.05) is 11.6 Å². The monoisotopic (exact) mass is 347 g/mol. The number of nitrogens with one attached hydrogen (secondary N) is 1. The van der Waals surface area contributed by atoms with Crippen molar-refractivity contribution in [3.05, 3.63) is 21.6 Å². The van der Waals surface area contributed by atoms with E-state index in [-0.39, 0.29) is 5.91 Å². The highest BCUT2D eigenvalue weighted by atomic mass is 79.9. The second-order valence-corrected chi connectivity index (χ2v) is 5.54. The number of methoxy groups -OCH3 is 1. The van der Waals surface area contributed by atoms with Crippen LogP contribution < -0.4 is 10.1 Å². The molecule has 1 saturated carbocycles. The summed E-state index contributed by atoms with van der Waals surface area (Å²) in [4.78, 5) is 22.6. The van der Waals surface area contributed by atoms with Gasteiger partial charge in [-0.2, -0.15) is 0 Å². The van der Waals surface area contributed by atoms with E-state index in [1.165, 1.54) is 7.11 Å². The molecule has 19 heavy (non-hydrogen) atoms. The minimum absolute atomic E-state index is 0.333. The highest BCUT2D eigenvalue weighted by Gasteiger charge is 2.48. The zero-order valence-electron chi connectivity index (χ0n) is 9.94. The largest absolute Gasteiger partial charge is 0.493 e. The predicted molar refractivity (Wildman–Crippen MR) is 73.6 cm³/mol. The fourth-order valence-electron chi connectivity index (χ4n) is 1.84. The van der Waals surface area contributed by atoms with Crippen molar-refractivity contribution < 1.29 is 19.4 Å². The van der Waals surface area contributed by atoms with Gasteiger partial charge in [0.05, 0.1) is 29.1 Å². The number of rotatable bonds is 4. The quantitative estimate of drug-likeness (QED) is 0.877. The van der Waals surface area contributed by atoms with E-state index in [0.717, 1.165) is 0 Å². The molecule has 2 unspecified atom stereocenters. The molecule has 7 heteroatoms. The third-order valence-electron chi connectivity index (χ3n) is 2.91. The van der Waals surface area contributed by atoms with Crippen LogP contribution in [0.5, 0.6) is 5.75 Å². The summed E-state index contributed by atoms with van der Waals surface area (Å²) in [6.45, 7) is 0. The van der Waals surface area contributed by atoms with Crippen molar-refractivity contribution in [1.82, 2.24) is 0 Å². The molecule has 1 aliphatic carbocycles. The molecule has 0 saturated heterocycles. The van der Waals surface area contributed by atoms with Crippen LogP contribution in [0.15, 0.2) is 16.6 Å². The van der Waals surface area contributed by atoms with E-state index in [1.807, 2.05) is 0 Å². The van der Waals surface area contributed by atoms with Gasteiger partial charge in [-0.15, -0.1) is 0 Å². The van der Waals surface area contributed by atoms with E-state index in [1.54, 1.807) is 12.1 Å². The molecule has 0 heterocycles. The molecule has 1 aromatic carbocycles. The molecule has 1 amide bonds. The number of ether oxygens (including phenoxy) is 1. The van der Waals surface area contributed by atoms with Gasteiger partial charge in [0.2, 0.25) is 5.91 Å². The topological polar surface area (TPSA) is 75.6 Å². The summed E-state index contributed by atoms with van der Waals surface area (Å²) in [5.74, 6) is -1.90. The highest BCUT2D eigenvalue weighted by molar-refractivity contribution is 9.10. The molecule has 0 radical (unpaired) electrons. The Kier molecular flexibility index (Phi) is 4.01. The number of carboxylic acids is 1. The van der Waals surface area contributed by atoms with Gasteiger partial charge in [0.25, 0.3) is 0 Å². The van der Waals surface area contributed by atoms with Crippen molar-refractivity contribution in [3.63, 3.8) is 0 Å². The number of hydrogen-bond donors (Lipinski definition) is 2. The Hall–Kier alpha value is -1.27. The SMILES string of the molecule is COc1c(Br)cc(Cl)cc1NC(=O)C1CC1C(=O)O. The first-order valence-corrected chi connectivity index (χ1v) is 6.68. The van der Waals surface area contributed by atoms with Crippen LogP contribution in [-0.4, -0.2) is 24.1 Å². The van der Waals surface area contributed by atoms with Crippen LogP contribution in [0.3, 0.4) is 0 Å². The summed E-state index contributed by atoms with van der Waals surface area (Å²) < 4.78 is 5.78. The van der Waals surface area contributed by atoms with Crippen molar-refractivity contribution in [2.45, 2.75) is 6.42 Å². The average molecular weight is 349 g/mol. The zero-order chi connectivity index (χ0) is 14.2. The Labute approximate surface area is 123 Å². The first kappa shape index (κ1) is 14.1. The third-order valence-corrected chi connectivity index (χ3v) is 3.72. The van der Waals surface area contributed by atoms with Crippen LogP contribution in [0.4, 0.5) is 5.69 Å². The molecule has 0 aromatic heterocycles. The minimum Gasteiger partial charge on any atom is -0.493 e. The molecule has 1 fully saturated rings. The summed E-state index contributed by atoms with van der Waals surface area (Å²) in [5.41, 5.74) is 0.419. The summed E-state index contributed by atoms with van der Waals surface area (Å²) in [5, 5.41) is 11.9. The van der Waals surface area contributed by atoms with Gasteiger partial charge in [-0.25, -0.2) is 0 Å². The molecular formula is C12H11BrClNO4. The predicted octanol–water partition coefficient (Wildman–Crippen LogP) is 2.77. The van der Waals surface area contributed by atoms with Crippen LogP contribution >= 0.6 is 27.5 Å². The van der Waals surface area contributed by atoms with Gasteiger partial charge >= 0.3 is 5.97 Å². The van der Waals surface area contributed by atoms with Gasteiger partial charge in [0.1, 0.15) is 0 Å². The van der Waals surface area contributed by atoms with Crippen molar-refractivity contribution in [3.8, 4) is 5.75 Å². The lowest BCUT2D eigenvalue weighted by atomic mass is 10.2. The molecule has 1 aliphatic rings. The van der Waals surface area contributed by atoms with Crippen LogP contribution in [0.25, 0.3) is 0 Å². The van der Waals surface area contributed by atoms with Crippen molar-refractivity contribution in [2.24, 2.45) is 11.8 Å². The molecule has 0 aliphatic heterocycles. The van der Waals surface area contributed by atoms with E-state index in [9.17, 15) is 9.59 Å². The van der Waals surface area contributed by atoms with Gasteiger partial charge < -0.3 is 15.2 Å². The van der Waals surface area contributed by atoms with Gasteiger partial charge in [-0.3, -0.25) is 9.59 Å². The summed E-state index contributed by atoms with van der Waals surface area (Å²) >= 11 is 9.19. The number of halogens is 2. The molecule has 2 atom stereocenters. The fraction of sp³-hybridized carbons (Fsp3) is 0.333. The zero-order valence-corrected chi connectivity index (χ0v) is 12.3. The smallest absolute Gasteiger partial charge is 0.307 e. The molecule has 5 nitrogen and oxygen atoms in total. The Morgan fingerprint density at radius 2 is 2.16 bits per heavy atom. The first-order valence-electron chi connectivity index (χ1n) is 5.50. The lowest BCUT2D eigenvalue weighted by Gasteiger charge is -2.12. The Bertz CT molecular complexity index is 549.